The first kappa shape index (κ1) is 17.2. The summed E-state index contributed by atoms with van der Waals surface area (Å²) in [7, 11) is 1.97. The number of aromatic nitrogens is 6. The van der Waals surface area contributed by atoms with Crippen molar-refractivity contribution in [2.24, 2.45) is 12.5 Å². The zero-order chi connectivity index (χ0) is 19.3. The van der Waals surface area contributed by atoms with Gasteiger partial charge in [0.25, 0.3) is 5.91 Å². The van der Waals surface area contributed by atoms with Crippen LogP contribution in [0.3, 0.4) is 0 Å². The third-order valence-electron chi connectivity index (χ3n) is 6.20. The Morgan fingerprint density at radius 2 is 2.25 bits per heavy atom. The van der Waals surface area contributed by atoms with Crippen molar-refractivity contribution in [1.82, 2.24) is 34.6 Å². The predicted octanol–water partition coefficient (Wildman–Crippen LogP) is 1.77. The van der Waals surface area contributed by atoms with Crippen LogP contribution in [-0.4, -0.2) is 53.6 Å². The van der Waals surface area contributed by atoms with Gasteiger partial charge in [0, 0.05) is 38.3 Å². The molecule has 1 unspecified atom stereocenters. The Bertz CT molecular complexity index is 1010. The highest BCUT2D eigenvalue weighted by atomic mass is 16.5. The molecule has 1 atom stereocenters. The predicted molar refractivity (Wildman–Crippen MR) is 98.5 cm³/mol. The van der Waals surface area contributed by atoms with Crippen LogP contribution in [-0.2, 0) is 13.6 Å². The van der Waals surface area contributed by atoms with Gasteiger partial charge in [-0.25, -0.2) is 0 Å². The van der Waals surface area contributed by atoms with Gasteiger partial charge in [-0.1, -0.05) is 11.6 Å². The average molecular weight is 381 g/mol. The lowest BCUT2D eigenvalue weighted by molar-refractivity contribution is 0.0713. The monoisotopic (exact) mass is 381 g/mol. The molecule has 1 saturated carbocycles. The van der Waals surface area contributed by atoms with Crippen LogP contribution in [0.15, 0.2) is 29.3 Å². The Hall–Kier alpha value is -2.97. The van der Waals surface area contributed by atoms with Gasteiger partial charge in [-0.2, -0.15) is 5.10 Å². The SMILES string of the molecule is Cc1cnn(Cc2cc(C(=O)N3CC(c4nncn4C)C4(CCC4)C3)no2)c1. The first-order chi connectivity index (χ1) is 13.5. The summed E-state index contributed by atoms with van der Waals surface area (Å²) < 4.78 is 9.13. The van der Waals surface area contributed by atoms with Gasteiger partial charge in [0.2, 0.25) is 0 Å². The molecule has 1 amide bonds. The minimum absolute atomic E-state index is 0.0809. The zero-order valence-corrected chi connectivity index (χ0v) is 16.1. The molecule has 1 aliphatic heterocycles. The molecule has 1 aliphatic carbocycles. The molecule has 0 bridgehead atoms. The summed E-state index contributed by atoms with van der Waals surface area (Å²) in [5.74, 6) is 1.72. The maximum absolute atomic E-state index is 13.1. The summed E-state index contributed by atoms with van der Waals surface area (Å²) >= 11 is 0. The van der Waals surface area contributed by atoms with Crippen molar-refractivity contribution in [3.8, 4) is 0 Å². The maximum atomic E-state index is 13.1. The molecule has 5 rings (SSSR count). The van der Waals surface area contributed by atoms with Crippen LogP contribution >= 0.6 is 0 Å². The van der Waals surface area contributed by atoms with E-state index in [1.807, 2.05) is 29.6 Å². The number of hydrogen-bond acceptors (Lipinski definition) is 6. The topological polar surface area (TPSA) is 94.9 Å². The van der Waals surface area contributed by atoms with E-state index in [-0.39, 0.29) is 17.2 Å². The first-order valence-corrected chi connectivity index (χ1v) is 9.62. The second-order valence-electron chi connectivity index (χ2n) is 8.15. The standard InChI is InChI=1S/C19H23N7O2/c1-13-7-21-26(8-13)9-14-6-16(23-28-14)18(27)25-10-15(17-22-20-12-24(17)2)19(11-25)4-3-5-19/h6-8,12,15H,3-5,9-11H2,1-2H3. The Kier molecular flexibility index (Phi) is 3.85. The normalized spacial score (nSPS) is 20.6. The van der Waals surface area contributed by atoms with Crippen LogP contribution in [0.2, 0.25) is 0 Å². The largest absolute Gasteiger partial charge is 0.359 e. The molecule has 1 saturated heterocycles. The van der Waals surface area contributed by atoms with E-state index in [1.165, 1.54) is 6.42 Å². The van der Waals surface area contributed by atoms with Gasteiger partial charge in [-0.15, -0.1) is 10.2 Å². The summed E-state index contributed by atoms with van der Waals surface area (Å²) in [5.41, 5.74) is 1.55. The van der Waals surface area contributed by atoms with Crippen LogP contribution in [0.25, 0.3) is 0 Å². The van der Waals surface area contributed by atoms with E-state index in [4.69, 9.17) is 4.52 Å². The van der Waals surface area contributed by atoms with Gasteiger partial charge in [-0.05, 0) is 30.7 Å². The zero-order valence-electron chi connectivity index (χ0n) is 16.1. The molecule has 9 nitrogen and oxygen atoms in total. The summed E-state index contributed by atoms with van der Waals surface area (Å²) in [6.07, 6.45) is 8.89. The molecule has 3 aromatic rings. The minimum Gasteiger partial charge on any atom is -0.359 e. The summed E-state index contributed by atoms with van der Waals surface area (Å²) in [4.78, 5) is 15.0. The smallest absolute Gasteiger partial charge is 0.276 e. The van der Waals surface area contributed by atoms with Crippen molar-refractivity contribution in [3.63, 3.8) is 0 Å². The van der Waals surface area contributed by atoms with Crippen molar-refractivity contribution < 1.29 is 9.32 Å². The Labute approximate surface area is 162 Å². The molecule has 4 heterocycles. The highest BCUT2D eigenvalue weighted by Crippen LogP contribution is 2.55. The van der Waals surface area contributed by atoms with Crippen molar-refractivity contribution >= 4 is 5.91 Å². The van der Waals surface area contributed by atoms with Gasteiger partial charge in [0.05, 0.1) is 6.20 Å². The van der Waals surface area contributed by atoms with Crippen LogP contribution in [0.1, 0.15) is 52.8 Å². The quantitative estimate of drug-likeness (QED) is 0.683. The van der Waals surface area contributed by atoms with Crippen LogP contribution in [0, 0.1) is 12.3 Å². The Morgan fingerprint density at radius 1 is 1.39 bits per heavy atom. The lowest BCUT2D eigenvalue weighted by Gasteiger charge is -2.42. The Morgan fingerprint density at radius 3 is 2.89 bits per heavy atom. The van der Waals surface area contributed by atoms with Crippen molar-refractivity contribution in [3.05, 3.63) is 47.6 Å². The number of aryl methyl sites for hydroxylation is 2. The lowest BCUT2D eigenvalue weighted by atomic mass is 9.62. The summed E-state index contributed by atoms with van der Waals surface area (Å²) in [6, 6.07) is 1.72. The number of hydrogen-bond donors (Lipinski definition) is 0. The molecule has 0 radical (unpaired) electrons. The molecule has 0 N–H and O–H groups in total. The van der Waals surface area contributed by atoms with E-state index in [1.54, 1.807) is 23.3 Å². The first-order valence-electron chi connectivity index (χ1n) is 9.62. The fourth-order valence-corrected chi connectivity index (χ4v) is 4.59. The fraction of sp³-hybridized carbons (Fsp3) is 0.526. The van der Waals surface area contributed by atoms with E-state index in [2.05, 4.69) is 20.5 Å². The van der Waals surface area contributed by atoms with E-state index in [9.17, 15) is 4.79 Å². The highest BCUT2D eigenvalue weighted by molar-refractivity contribution is 5.92. The van der Waals surface area contributed by atoms with E-state index < -0.39 is 0 Å². The van der Waals surface area contributed by atoms with Crippen LogP contribution in [0.4, 0.5) is 0 Å². The van der Waals surface area contributed by atoms with Gasteiger partial charge in [-0.3, -0.25) is 9.48 Å². The number of likely N-dealkylation sites (tertiary alicyclic amines) is 1. The third-order valence-corrected chi connectivity index (χ3v) is 6.20. The third kappa shape index (κ3) is 2.73. The average Bonchev–Trinajstić information content (AvgIpc) is 3.40. The lowest BCUT2D eigenvalue weighted by Crippen LogP contribution is -2.38. The minimum atomic E-state index is -0.0809. The number of carbonyl (C=O) groups excluding carboxylic acids is 1. The van der Waals surface area contributed by atoms with E-state index in [0.717, 1.165) is 30.8 Å². The van der Waals surface area contributed by atoms with Crippen molar-refractivity contribution in [1.29, 1.82) is 0 Å². The van der Waals surface area contributed by atoms with Crippen molar-refractivity contribution in [2.45, 2.75) is 38.6 Å². The number of rotatable bonds is 4. The van der Waals surface area contributed by atoms with Gasteiger partial charge >= 0.3 is 0 Å². The molecular formula is C19H23N7O2. The molecule has 1 spiro atoms. The van der Waals surface area contributed by atoms with Gasteiger partial charge in [0.15, 0.2) is 11.5 Å². The molecule has 2 aliphatic rings. The molecule has 28 heavy (non-hydrogen) atoms. The number of carbonyl (C=O) groups is 1. The Balaban J connectivity index is 1.34. The number of nitrogens with zero attached hydrogens (tertiary/aromatic N) is 7. The molecule has 2 fully saturated rings. The molecule has 9 heteroatoms. The van der Waals surface area contributed by atoms with E-state index >= 15 is 0 Å². The molecule has 146 valence electrons. The van der Waals surface area contributed by atoms with E-state index in [0.29, 0.717) is 24.5 Å². The van der Waals surface area contributed by atoms with Gasteiger partial charge < -0.3 is 14.0 Å². The summed E-state index contributed by atoms with van der Waals surface area (Å²) in [6.45, 7) is 3.82. The second kappa shape index (κ2) is 6.29. The maximum Gasteiger partial charge on any atom is 0.276 e. The van der Waals surface area contributed by atoms with Crippen LogP contribution < -0.4 is 0 Å². The molecular weight excluding hydrogens is 358 g/mol. The molecule has 3 aromatic heterocycles. The fourth-order valence-electron chi connectivity index (χ4n) is 4.59. The van der Waals surface area contributed by atoms with Crippen LogP contribution in [0.5, 0.6) is 0 Å². The van der Waals surface area contributed by atoms with Gasteiger partial charge in [0.1, 0.15) is 18.7 Å². The number of amides is 1. The highest BCUT2D eigenvalue weighted by Gasteiger charge is 2.53. The molecule has 0 aromatic carbocycles. The second-order valence-corrected chi connectivity index (χ2v) is 8.15. The summed E-state index contributed by atoms with van der Waals surface area (Å²) in [5, 5.41) is 16.6. The van der Waals surface area contributed by atoms with Crippen molar-refractivity contribution in [2.75, 3.05) is 13.1 Å².